The average Bonchev–Trinajstić information content (AvgIpc) is 3.59. The second kappa shape index (κ2) is 6.56. The van der Waals surface area contributed by atoms with Gasteiger partial charge < -0.3 is 4.57 Å². The van der Waals surface area contributed by atoms with Crippen molar-refractivity contribution in [1.82, 2.24) is 4.57 Å². The first-order valence-corrected chi connectivity index (χ1v) is 13.3. The zero-order valence-electron chi connectivity index (χ0n) is 19.7. The molecule has 0 saturated heterocycles. The van der Waals surface area contributed by atoms with Gasteiger partial charge in [-0.05, 0) is 57.6 Å². The largest absolute Gasteiger partial charge is 0.307 e. The third kappa shape index (κ3) is 2.10. The molecule has 2 aromatic heterocycles. The van der Waals surface area contributed by atoms with Crippen molar-refractivity contribution in [3.63, 3.8) is 0 Å². The summed E-state index contributed by atoms with van der Waals surface area (Å²) in [6, 6.07) is 41.9. The molecule has 1 spiro atoms. The molecule has 7 aromatic rings. The lowest BCUT2D eigenvalue weighted by molar-refractivity contribution is 0.748. The van der Waals surface area contributed by atoms with Gasteiger partial charge in [0.25, 0.3) is 0 Å². The molecule has 1 aliphatic heterocycles. The van der Waals surface area contributed by atoms with Crippen molar-refractivity contribution >= 4 is 42.5 Å². The van der Waals surface area contributed by atoms with E-state index in [2.05, 4.69) is 114 Å². The van der Waals surface area contributed by atoms with Gasteiger partial charge in [0, 0.05) is 15.5 Å². The first-order valence-electron chi connectivity index (χ1n) is 12.5. The van der Waals surface area contributed by atoms with Crippen LogP contribution in [-0.4, -0.2) is 4.57 Å². The SMILES string of the molecule is N#Cc1ccc2c(c1)-c1ccccc1C21c2ccccc2-n2c3c1cccc3c1sc3ccccc3c12. The lowest BCUT2D eigenvalue weighted by atomic mass is 9.65. The number of aromatic nitrogens is 1. The summed E-state index contributed by atoms with van der Waals surface area (Å²) in [5.41, 5.74) is 11.6. The molecule has 37 heavy (non-hydrogen) atoms. The molecule has 9 rings (SSSR count). The fraction of sp³-hybridized carbons (Fsp3) is 0.0294. The van der Waals surface area contributed by atoms with Crippen LogP contribution in [0.3, 0.4) is 0 Å². The number of para-hydroxylation sites is 2. The minimum absolute atomic E-state index is 0.442. The van der Waals surface area contributed by atoms with Crippen LogP contribution < -0.4 is 0 Å². The molecule has 1 aliphatic carbocycles. The molecule has 0 radical (unpaired) electrons. The van der Waals surface area contributed by atoms with E-state index in [1.54, 1.807) is 0 Å². The van der Waals surface area contributed by atoms with Crippen molar-refractivity contribution in [3.8, 4) is 22.9 Å². The number of nitrogens with zero attached hydrogens (tertiary/aromatic N) is 2. The van der Waals surface area contributed by atoms with Gasteiger partial charge in [-0.15, -0.1) is 11.3 Å². The van der Waals surface area contributed by atoms with Crippen LogP contribution in [0.1, 0.15) is 27.8 Å². The van der Waals surface area contributed by atoms with E-state index in [-0.39, 0.29) is 0 Å². The fourth-order valence-electron chi connectivity index (χ4n) is 7.12. The highest BCUT2D eigenvalue weighted by Gasteiger charge is 2.50. The summed E-state index contributed by atoms with van der Waals surface area (Å²) in [5, 5.41) is 12.3. The smallest absolute Gasteiger partial charge is 0.0991 e. The van der Waals surface area contributed by atoms with E-state index in [1.807, 2.05) is 17.4 Å². The molecular formula is C34H18N2S. The molecular weight excluding hydrogens is 468 g/mol. The quantitative estimate of drug-likeness (QED) is 0.211. The van der Waals surface area contributed by atoms with Crippen LogP contribution in [-0.2, 0) is 5.41 Å². The molecule has 2 aliphatic rings. The minimum atomic E-state index is -0.442. The van der Waals surface area contributed by atoms with E-state index in [4.69, 9.17) is 0 Å². The highest BCUT2D eigenvalue weighted by atomic mass is 32.1. The van der Waals surface area contributed by atoms with E-state index >= 15 is 0 Å². The maximum Gasteiger partial charge on any atom is 0.0991 e. The molecule has 0 saturated carbocycles. The Morgan fingerprint density at radius 2 is 1.35 bits per heavy atom. The number of rotatable bonds is 0. The van der Waals surface area contributed by atoms with Crippen molar-refractivity contribution in [2.24, 2.45) is 0 Å². The maximum absolute atomic E-state index is 9.72. The van der Waals surface area contributed by atoms with E-state index in [0.29, 0.717) is 5.56 Å². The molecule has 1 atom stereocenters. The third-order valence-electron chi connectivity index (χ3n) is 8.42. The van der Waals surface area contributed by atoms with Crippen LogP contribution in [0, 0.1) is 11.3 Å². The predicted molar refractivity (Wildman–Crippen MR) is 152 cm³/mol. The third-order valence-corrected chi connectivity index (χ3v) is 9.62. The molecule has 0 bridgehead atoms. The summed E-state index contributed by atoms with van der Waals surface area (Å²) in [6.45, 7) is 0. The first-order chi connectivity index (χ1) is 18.3. The number of thiophene rings is 1. The second-order valence-corrected chi connectivity index (χ2v) is 11.1. The summed E-state index contributed by atoms with van der Waals surface area (Å²) < 4.78 is 5.18. The number of hydrogen-bond acceptors (Lipinski definition) is 2. The molecule has 3 heterocycles. The van der Waals surface area contributed by atoms with Crippen LogP contribution >= 0.6 is 11.3 Å². The Morgan fingerprint density at radius 3 is 2.27 bits per heavy atom. The van der Waals surface area contributed by atoms with Gasteiger partial charge in [-0.25, -0.2) is 0 Å². The zero-order valence-corrected chi connectivity index (χ0v) is 20.5. The van der Waals surface area contributed by atoms with Crippen LogP contribution in [0.15, 0.2) is 109 Å². The summed E-state index contributed by atoms with van der Waals surface area (Å²) in [6.07, 6.45) is 0. The van der Waals surface area contributed by atoms with Crippen LogP contribution in [0.4, 0.5) is 0 Å². The number of nitriles is 1. The van der Waals surface area contributed by atoms with Crippen LogP contribution in [0.5, 0.6) is 0 Å². The van der Waals surface area contributed by atoms with Crippen molar-refractivity contribution in [1.29, 1.82) is 5.26 Å². The lowest BCUT2D eigenvalue weighted by Gasteiger charge is -2.39. The normalized spacial score (nSPS) is 16.7. The Labute approximate surface area is 217 Å². The standard InChI is InChI=1S/C34H18N2S/c35-19-20-16-17-26-24(18-20)21-8-1-3-11-25(21)34(26)27-12-4-5-14-29(27)36-31-23(10-7-13-28(31)34)33-32(36)22-9-2-6-15-30(22)37-33/h1-18H. The Balaban J connectivity index is 1.57. The zero-order chi connectivity index (χ0) is 24.3. The Kier molecular flexibility index (Phi) is 3.46. The van der Waals surface area contributed by atoms with E-state index in [9.17, 15) is 5.26 Å². The van der Waals surface area contributed by atoms with Gasteiger partial charge in [0.05, 0.1) is 38.5 Å². The molecule has 5 aromatic carbocycles. The average molecular weight is 487 g/mol. The number of hydrogen-bond donors (Lipinski definition) is 0. The topological polar surface area (TPSA) is 28.7 Å². The summed E-state index contributed by atoms with van der Waals surface area (Å²) in [5.74, 6) is 0. The van der Waals surface area contributed by atoms with Gasteiger partial charge in [0.15, 0.2) is 0 Å². The Hall–Kier alpha value is -4.65. The Morgan fingerprint density at radius 1 is 0.622 bits per heavy atom. The monoisotopic (exact) mass is 486 g/mol. The van der Waals surface area contributed by atoms with Crippen LogP contribution in [0.25, 0.3) is 48.0 Å². The molecule has 2 nitrogen and oxygen atoms in total. The fourth-order valence-corrected chi connectivity index (χ4v) is 8.34. The predicted octanol–water partition coefficient (Wildman–Crippen LogP) is 8.55. The Bertz CT molecular complexity index is 2170. The highest BCUT2D eigenvalue weighted by Crippen LogP contribution is 2.61. The molecule has 3 heteroatoms. The first kappa shape index (κ1) is 19.5. The highest BCUT2D eigenvalue weighted by molar-refractivity contribution is 7.26. The summed E-state index contributed by atoms with van der Waals surface area (Å²) in [4.78, 5) is 0. The van der Waals surface area contributed by atoms with Crippen LogP contribution in [0.2, 0.25) is 0 Å². The van der Waals surface area contributed by atoms with Gasteiger partial charge in [-0.3, -0.25) is 0 Å². The second-order valence-electron chi connectivity index (χ2n) is 10.00. The van der Waals surface area contributed by atoms with E-state index < -0.39 is 5.41 Å². The van der Waals surface area contributed by atoms with Crippen molar-refractivity contribution in [2.75, 3.05) is 0 Å². The van der Waals surface area contributed by atoms with Crippen molar-refractivity contribution in [3.05, 3.63) is 137 Å². The maximum atomic E-state index is 9.72. The van der Waals surface area contributed by atoms with Crippen molar-refractivity contribution < 1.29 is 0 Å². The molecule has 0 N–H and O–H groups in total. The van der Waals surface area contributed by atoms with Gasteiger partial charge in [0.2, 0.25) is 0 Å². The lowest BCUT2D eigenvalue weighted by Crippen LogP contribution is -2.33. The van der Waals surface area contributed by atoms with Gasteiger partial charge in [0.1, 0.15) is 0 Å². The molecule has 170 valence electrons. The van der Waals surface area contributed by atoms with E-state index in [0.717, 1.165) is 5.56 Å². The van der Waals surface area contributed by atoms with Gasteiger partial charge >= 0.3 is 0 Å². The summed E-state index contributed by atoms with van der Waals surface area (Å²) in [7, 11) is 0. The summed E-state index contributed by atoms with van der Waals surface area (Å²) >= 11 is 1.89. The van der Waals surface area contributed by atoms with E-state index in [1.165, 1.54) is 64.7 Å². The van der Waals surface area contributed by atoms with Gasteiger partial charge in [-0.2, -0.15) is 5.26 Å². The van der Waals surface area contributed by atoms with Crippen molar-refractivity contribution in [2.45, 2.75) is 5.41 Å². The number of fused-ring (bicyclic) bond motifs is 14. The molecule has 0 amide bonds. The number of benzene rings is 5. The molecule has 0 fully saturated rings. The van der Waals surface area contributed by atoms with Gasteiger partial charge in [-0.1, -0.05) is 84.9 Å². The minimum Gasteiger partial charge on any atom is -0.307 e. The molecule has 1 unspecified atom stereocenters.